The highest BCUT2D eigenvalue weighted by Crippen LogP contribution is 2.18. The van der Waals surface area contributed by atoms with E-state index in [-0.39, 0.29) is 6.03 Å². The number of amides is 2. The van der Waals surface area contributed by atoms with Crippen LogP contribution in [-0.4, -0.2) is 67.9 Å². The minimum atomic E-state index is 0.0766. The maximum absolute atomic E-state index is 13.0. The van der Waals surface area contributed by atoms with E-state index < -0.39 is 0 Å². The molecule has 6 nitrogen and oxygen atoms in total. The number of ether oxygens (including phenoxy) is 2. The van der Waals surface area contributed by atoms with Gasteiger partial charge >= 0.3 is 6.03 Å². The van der Waals surface area contributed by atoms with Gasteiger partial charge < -0.3 is 19.7 Å². The maximum Gasteiger partial charge on any atom is 0.317 e. The monoisotopic (exact) mass is 403 g/mol. The zero-order valence-corrected chi connectivity index (χ0v) is 17.9. The number of morpholine rings is 1. The largest absolute Gasteiger partial charge is 0.494 e. The molecule has 1 heterocycles. The Morgan fingerprint density at radius 2 is 1.90 bits per heavy atom. The molecule has 0 unspecified atom stereocenters. The molecule has 2 fully saturated rings. The summed E-state index contributed by atoms with van der Waals surface area (Å²) in [5, 5.41) is 3.29. The zero-order valence-electron chi connectivity index (χ0n) is 17.9. The molecule has 0 bridgehead atoms. The summed E-state index contributed by atoms with van der Waals surface area (Å²) < 4.78 is 11.0. The Morgan fingerprint density at radius 3 is 2.59 bits per heavy atom. The fraction of sp³-hybridized carbons (Fsp3) is 0.696. The molecule has 162 valence electrons. The molecule has 0 radical (unpaired) electrons. The van der Waals surface area contributed by atoms with Crippen molar-refractivity contribution in [1.29, 1.82) is 0 Å². The van der Waals surface area contributed by atoms with Crippen molar-refractivity contribution in [3.8, 4) is 5.75 Å². The second-order valence-electron chi connectivity index (χ2n) is 8.09. The highest BCUT2D eigenvalue weighted by atomic mass is 16.5. The second-order valence-corrected chi connectivity index (χ2v) is 8.09. The highest BCUT2D eigenvalue weighted by Gasteiger charge is 2.20. The minimum Gasteiger partial charge on any atom is -0.494 e. The van der Waals surface area contributed by atoms with Gasteiger partial charge in [-0.1, -0.05) is 31.4 Å². The Hall–Kier alpha value is -1.79. The lowest BCUT2D eigenvalue weighted by molar-refractivity contribution is 0.0364. The van der Waals surface area contributed by atoms with Gasteiger partial charge in [0.1, 0.15) is 5.75 Å². The SMILES string of the molecule is CCOc1ccc(CN(CCCN2CCOCC2)C(=O)NC2CCCCC2)cc1. The van der Waals surface area contributed by atoms with Gasteiger partial charge in [-0.25, -0.2) is 4.79 Å². The van der Waals surface area contributed by atoms with Gasteiger partial charge in [0.2, 0.25) is 0 Å². The number of rotatable bonds is 9. The summed E-state index contributed by atoms with van der Waals surface area (Å²) in [6.07, 6.45) is 6.94. The second kappa shape index (κ2) is 12.0. The molecule has 2 amide bonds. The van der Waals surface area contributed by atoms with E-state index in [0.29, 0.717) is 19.2 Å². The Kier molecular flexibility index (Phi) is 9.09. The molecule has 1 aliphatic carbocycles. The first-order chi connectivity index (χ1) is 14.2. The summed E-state index contributed by atoms with van der Waals surface area (Å²) in [4.78, 5) is 17.4. The number of urea groups is 1. The van der Waals surface area contributed by atoms with E-state index in [9.17, 15) is 4.79 Å². The van der Waals surface area contributed by atoms with Gasteiger partial charge in [-0.15, -0.1) is 0 Å². The molecular weight excluding hydrogens is 366 g/mol. The molecule has 1 saturated carbocycles. The molecule has 29 heavy (non-hydrogen) atoms. The number of nitrogens with one attached hydrogen (secondary N) is 1. The van der Waals surface area contributed by atoms with E-state index >= 15 is 0 Å². The first-order valence-corrected chi connectivity index (χ1v) is 11.3. The molecule has 1 N–H and O–H groups in total. The summed E-state index contributed by atoms with van der Waals surface area (Å²) >= 11 is 0. The van der Waals surface area contributed by atoms with Crippen LogP contribution in [0.2, 0.25) is 0 Å². The Bertz CT molecular complexity index is 596. The van der Waals surface area contributed by atoms with Gasteiger partial charge in [-0.3, -0.25) is 4.90 Å². The summed E-state index contributed by atoms with van der Waals surface area (Å²) in [5.74, 6) is 0.877. The summed E-state index contributed by atoms with van der Waals surface area (Å²) in [7, 11) is 0. The van der Waals surface area contributed by atoms with Crippen molar-refractivity contribution in [2.24, 2.45) is 0 Å². The molecular formula is C23H37N3O3. The zero-order chi connectivity index (χ0) is 20.3. The van der Waals surface area contributed by atoms with Crippen molar-refractivity contribution in [1.82, 2.24) is 15.1 Å². The van der Waals surface area contributed by atoms with Crippen LogP contribution in [0.1, 0.15) is 51.0 Å². The van der Waals surface area contributed by atoms with Gasteiger partial charge in [-0.2, -0.15) is 0 Å². The lowest BCUT2D eigenvalue weighted by Gasteiger charge is -2.30. The van der Waals surface area contributed by atoms with Gasteiger partial charge in [-0.05, 0) is 43.9 Å². The minimum absolute atomic E-state index is 0.0766. The van der Waals surface area contributed by atoms with Crippen LogP contribution in [0.5, 0.6) is 5.75 Å². The van der Waals surface area contributed by atoms with E-state index in [1.807, 2.05) is 24.0 Å². The lowest BCUT2D eigenvalue weighted by atomic mass is 9.96. The average molecular weight is 404 g/mol. The van der Waals surface area contributed by atoms with E-state index in [0.717, 1.165) is 70.0 Å². The van der Waals surface area contributed by atoms with E-state index in [2.05, 4.69) is 22.3 Å². The van der Waals surface area contributed by atoms with E-state index in [4.69, 9.17) is 9.47 Å². The van der Waals surface area contributed by atoms with Crippen LogP contribution >= 0.6 is 0 Å². The molecule has 2 aliphatic rings. The van der Waals surface area contributed by atoms with Crippen molar-refractivity contribution < 1.29 is 14.3 Å². The first kappa shape index (κ1) is 21.9. The van der Waals surface area contributed by atoms with Crippen molar-refractivity contribution >= 4 is 6.03 Å². The van der Waals surface area contributed by atoms with Gasteiger partial charge in [0.25, 0.3) is 0 Å². The van der Waals surface area contributed by atoms with Gasteiger partial charge in [0.15, 0.2) is 0 Å². The number of nitrogens with zero attached hydrogens (tertiary/aromatic N) is 2. The normalized spacial score (nSPS) is 18.4. The Balaban J connectivity index is 1.55. The number of carbonyl (C=O) groups is 1. The molecule has 1 saturated heterocycles. The van der Waals surface area contributed by atoms with Crippen LogP contribution in [0, 0.1) is 0 Å². The molecule has 1 aromatic carbocycles. The van der Waals surface area contributed by atoms with Crippen molar-refractivity contribution in [3.63, 3.8) is 0 Å². The maximum atomic E-state index is 13.0. The topological polar surface area (TPSA) is 54.0 Å². The van der Waals surface area contributed by atoms with Crippen LogP contribution in [0.3, 0.4) is 0 Å². The highest BCUT2D eigenvalue weighted by molar-refractivity contribution is 5.74. The molecule has 1 aliphatic heterocycles. The van der Waals surface area contributed by atoms with Gasteiger partial charge in [0, 0.05) is 38.8 Å². The third kappa shape index (κ3) is 7.52. The smallest absolute Gasteiger partial charge is 0.317 e. The lowest BCUT2D eigenvalue weighted by Crippen LogP contribution is -2.46. The molecule has 1 aromatic rings. The first-order valence-electron chi connectivity index (χ1n) is 11.3. The van der Waals surface area contributed by atoms with Crippen LogP contribution in [0.25, 0.3) is 0 Å². The van der Waals surface area contributed by atoms with Crippen LogP contribution in [0.15, 0.2) is 24.3 Å². The summed E-state index contributed by atoms with van der Waals surface area (Å²) in [6, 6.07) is 8.51. The fourth-order valence-corrected chi connectivity index (χ4v) is 4.15. The number of carbonyl (C=O) groups excluding carboxylic acids is 1. The molecule has 6 heteroatoms. The third-order valence-electron chi connectivity index (χ3n) is 5.83. The van der Waals surface area contributed by atoms with Crippen molar-refractivity contribution in [2.45, 2.75) is 58.0 Å². The number of hydrogen-bond donors (Lipinski definition) is 1. The predicted octanol–water partition coefficient (Wildman–Crippen LogP) is 3.65. The summed E-state index contributed by atoms with van der Waals surface area (Å²) in [6.45, 7) is 8.68. The quantitative estimate of drug-likeness (QED) is 0.684. The van der Waals surface area contributed by atoms with Gasteiger partial charge in [0.05, 0.1) is 19.8 Å². The average Bonchev–Trinajstić information content (AvgIpc) is 2.76. The fourth-order valence-electron chi connectivity index (χ4n) is 4.15. The Labute approximate surface area is 175 Å². The Morgan fingerprint density at radius 1 is 1.17 bits per heavy atom. The van der Waals surface area contributed by atoms with Crippen molar-refractivity contribution in [2.75, 3.05) is 46.0 Å². The van der Waals surface area contributed by atoms with Crippen LogP contribution in [-0.2, 0) is 11.3 Å². The molecule has 0 atom stereocenters. The standard InChI is InChI=1S/C23H37N3O3/c1-2-29-22-11-9-20(10-12-22)19-26(14-6-13-25-15-17-28-18-16-25)23(27)24-21-7-4-3-5-8-21/h9-12,21H,2-8,13-19H2,1H3,(H,24,27). The van der Waals surface area contributed by atoms with Crippen LogP contribution < -0.4 is 10.1 Å². The van der Waals surface area contributed by atoms with Crippen LogP contribution in [0.4, 0.5) is 4.79 Å². The summed E-state index contributed by atoms with van der Waals surface area (Å²) in [5.41, 5.74) is 1.14. The molecule has 0 spiro atoms. The van der Waals surface area contributed by atoms with E-state index in [1.165, 1.54) is 19.3 Å². The van der Waals surface area contributed by atoms with Crippen molar-refractivity contribution in [3.05, 3.63) is 29.8 Å². The number of benzene rings is 1. The number of hydrogen-bond acceptors (Lipinski definition) is 4. The molecule has 0 aromatic heterocycles. The third-order valence-corrected chi connectivity index (χ3v) is 5.83. The predicted molar refractivity (Wildman–Crippen MR) is 115 cm³/mol. The molecule has 3 rings (SSSR count). The van der Waals surface area contributed by atoms with E-state index in [1.54, 1.807) is 0 Å².